The number of amides is 5. The quantitative estimate of drug-likeness (QED) is 0.257. The number of fused-ring (bicyclic) bond motifs is 1. The van der Waals surface area contributed by atoms with Crippen LogP contribution in [0.2, 0.25) is 0 Å². The van der Waals surface area contributed by atoms with E-state index >= 15 is 0 Å². The highest BCUT2D eigenvalue weighted by Gasteiger charge is 2.54. The summed E-state index contributed by atoms with van der Waals surface area (Å²) in [5.74, 6) is -0.774. The zero-order valence-corrected chi connectivity index (χ0v) is 33.0. The molecular formula is C42H62FN5O6. The van der Waals surface area contributed by atoms with Gasteiger partial charge in [-0.25, -0.2) is 14.0 Å². The van der Waals surface area contributed by atoms with Gasteiger partial charge in [0.1, 0.15) is 24.5 Å². The van der Waals surface area contributed by atoms with E-state index in [-0.39, 0.29) is 46.4 Å². The molecule has 5 rings (SSSR count). The Hall–Kier alpha value is -4.71. The van der Waals surface area contributed by atoms with Crippen molar-refractivity contribution in [3.63, 3.8) is 0 Å². The molecule has 2 saturated heterocycles. The van der Waals surface area contributed by atoms with Gasteiger partial charge >= 0.3 is 12.1 Å². The van der Waals surface area contributed by atoms with Crippen LogP contribution in [-0.4, -0.2) is 95.7 Å². The molecule has 0 spiro atoms. The smallest absolute Gasteiger partial charge is 0.410 e. The molecular weight excluding hydrogens is 689 g/mol. The zero-order chi connectivity index (χ0) is 39.6. The van der Waals surface area contributed by atoms with Crippen LogP contribution in [0.25, 0.3) is 0 Å². The van der Waals surface area contributed by atoms with E-state index < -0.39 is 41.6 Å². The minimum atomic E-state index is -0.940. The Balaban J connectivity index is 0.00000266. The summed E-state index contributed by atoms with van der Waals surface area (Å²) in [6, 6.07) is 12.7. The van der Waals surface area contributed by atoms with Crippen LogP contribution in [-0.2, 0) is 32.2 Å². The Labute approximate surface area is 322 Å². The Morgan fingerprint density at radius 3 is 2.33 bits per heavy atom. The van der Waals surface area contributed by atoms with Gasteiger partial charge in [-0.15, -0.1) is 0 Å². The molecule has 2 heterocycles. The van der Waals surface area contributed by atoms with Gasteiger partial charge in [0.15, 0.2) is 0 Å². The normalized spacial score (nSPS) is 21.5. The highest BCUT2D eigenvalue weighted by Crippen LogP contribution is 2.36. The van der Waals surface area contributed by atoms with E-state index in [0.717, 1.165) is 23.1 Å². The number of urea groups is 1. The number of nitrogens with one attached hydrogen (secondary N) is 2. The van der Waals surface area contributed by atoms with Gasteiger partial charge in [0.25, 0.3) is 0 Å². The van der Waals surface area contributed by atoms with Crippen LogP contribution in [0.4, 0.5) is 14.0 Å². The van der Waals surface area contributed by atoms with Crippen LogP contribution in [0.3, 0.4) is 0 Å². The van der Waals surface area contributed by atoms with Crippen molar-refractivity contribution in [3.8, 4) is 0 Å². The van der Waals surface area contributed by atoms with Gasteiger partial charge < -0.3 is 29.9 Å². The first-order valence-electron chi connectivity index (χ1n) is 19.0. The molecule has 2 N–H and O–H groups in total. The van der Waals surface area contributed by atoms with Gasteiger partial charge in [-0.1, -0.05) is 102 Å². The van der Waals surface area contributed by atoms with Crippen LogP contribution in [0.5, 0.6) is 0 Å². The summed E-state index contributed by atoms with van der Waals surface area (Å²) >= 11 is 0. The number of carbonyl (C=O) groups is 4. The van der Waals surface area contributed by atoms with Crippen molar-refractivity contribution in [2.24, 2.45) is 11.3 Å². The maximum atomic E-state index is 14.5. The summed E-state index contributed by atoms with van der Waals surface area (Å²) < 4.78 is 25.5. The lowest BCUT2D eigenvalue weighted by Crippen LogP contribution is -2.60. The Morgan fingerprint density at radius 1 is 1.00 bits per heavy atom. The third-order valence-electron chi connectivity index (χ3n) is 10.2. The summed E-state index contributed by atoms with van der Waals surface area (Å²) in [5, 5.41) is 5.96. The molecule has 0 aromatic heterocycles. The second-order valence-electron chi connectivity index (χ2n) is 15.2. The number of likely N-dealkylation sites (N-methyl/N-ethyl adjacent to an activating group) is 1. The SMILES string of the molecule is CC.CC1C=CC=C(COC(=O)N(C)[C@@H](C)C(=O)N[C@H](C(=O)N2CC[C@@H]3[C@H]2[C@@H](OCc2ccc(F)cc2)CN3C(=O)NCc2ccccc2)C(C)(C)C)C1.[HH].[HH]. The lowest BCUT2D eigenvalue weighted by atomic mass is 9.85. The van der Waals surface area contributed by atoms with E-state index in [0.29, 0.717) is 25.4 Å². The summed E-state index contributed by atoms with van der Waals surface area (Å²) in [6.45, 7) is 14.6. The first-order valence-corrected chi connectivity index (χ1v) is 19.0. The van der Waals surface area contributed by atoms with Crippen LogP contribution in [0.15, 0.2) is 78.4 Å². The van der Waals surface area contributed by atoms with Crippen LogP contribution in [0, 0.1) is 17.2 Å². The van der Waals surface area contributed by atoms with Gasteiger partial charge in [0, 0.05) is 23.0 Å². The molecule has 12 heteroatoms. The van der Waals surface area contributed by atoms with Gasteiger partial charge in [0.2, 0.25) is 11.8 Å². The molecule has 2 fully saturated rings. The van der Waals surface area contributed by atoms with Crippen molar-refractivity contribution in [1.82, 2.24) is 25.3 Å². The summed E-state index contributed by atoms with van der Waals surface area (Å²) in [7, 11) is 1.50. The van der Waals surface area contributed by atoms with Crippen molar-refractivity contribution < 1.29 is 35.9 Å². The lowest BCUT2D eigenvalue weighted by Gasteiger charge is -2.37. The van der Waals surface area contributed by atoms with E-state index in [1.54, 1.807) is 28.9 Å². The molecule has 0 saturated carbocycles. The first-order chi connectivity index (χ1) is 25.7. The minimum absolute atomic E-state index is 0. The third kappa shape index (κ3) is 10.7. The number of likely N-dealkylation sites (tertiary alicyclic amines) is 2. The highest BCUT2D eigenvalue weighted by molar-refractivity contribution is 5.92. The Bertz CT molecular complexity index is 1650. The number of hydrogen-bond donors (Lipinski definition) is 2. The molecule has 3 aliphatic rings. The largest absolute Gasteiger partial charge is 0.445 e. The average molecular weight is 752 g/mol. The maximum Gasteiger partial charge on any atom is 0.410 e. The van der Waals surface area contributed by atoms with Crippen molar-refractivity contribution >= 4 is 23.9 Å². The first kappa shape index (κ1) is 42.0. The summed E-state index contributed by atoms with van der Waals surface area (Å²) in [4.78, 5) is 59.4. The van der Waals surface area contributed by atoms with E-state index in [1.807, 2.05) is 77.1 Å². The van der Waals surface area contributed by atoms with E-state index in [9.17, 15) is 23.6 Å². The number of rotatable bonds is 11. The fourth-order valence-corrected chi connectivity index (χ4v) is 7.03. The topological polar surface area (TPSA) is 121 Å². The molecule has 298 valence electrons. The van der Waals surface area contributed by atoms with Gasteiger partial charge in [0.05, 0.1) is 31.3 Å². The Morgan fingerprint density at radius 2 is 1.69 bits per heavy atom. The van der Waals surface area contributed by atoms with Gasteiger partial charge in [-0.05, 0) is 59.9 Å². The Kier molecular flexibility index (Phi) is 14.8. The van der Waals surface area contributed by atoms with Crippen molar-refractivity contribution in [2.75, 3.05) is 26.7 Å². The number of benzene rings is 2. The number of halogens is 1. The van der Waals surface area contributed by atoms with Crippen molar-refractivity contribution in [1.29, 1.82) is 0 Å². The standard InChI is InChI=1S/C40H52FN5O6.C2H6.2H2/c1-26-11-10-14-30(21-26)25-52-39(50)44(6)27(2)36(47)43-35(40(3,4)5)37(48)45-20-19-32-34(45)33(51-24-29-15-17-31(41)18-16-29)23-46(32)38(49)42-22-28-12-8-7-9-13-28;1-2;;/h7-18,26-27,32-35H,19-25H2,1-6H3,(H,42,49)(H,43,47);1-2H3;2*1H/t26?,27-,32+,33-,34-,35+;;;/m0.../s1. The molecule has 1 unspecified atom stereocenters. The van der Waals surface area contributed by atoms with E-state index in [2.05, 4.69) is 23.6 Å². The molecule has 5 amide bonds. The fraction of sp³-hybridized carbons (Fsp3) is 0.524. The molecule has 2 aliphatic heterocycles. The highest BCUT2D eigenvalue weighted by atomic mass is 19.1. The summed E-state index contributed by atoms with van der Waals surface area (Å²) in [5.41, 5.74) is 2.02. The second-order valence-corrected chi connectivity index (χ2v) is 15.2. The molecule has 1 aliphatic carbocycles. The number of carbonyl (C=O) groups excluding carboxylic acids is 4. The molecule has 0 radical (unpaired) electrons. The molecule has 2 aromatic carbocycles. The zero-order valence-electron chi connectivity index (χ0n) is 33.0. The monoisotopic (exact) mass is 751 g/mol. The lowest BCUT2D eigenvalue weighted by molar-refractivity contribution is -0.143. The number of ether oxygens (including phenoxy) is 2. The predicted molar refractivity (Wildman–Crippen MR) is 211 cm³/mol. The molecule has 0 bridgehead atoms. The van der Waals surface area contributed by atoms with E-state index in [1.165, 1.54) is 24.1 Å². The predicted octanol–water partition coefficient (Wildman–Crippen LogP) is 6.93. The molecule has 2 aromatic rings. The molecule has 6 atom stereocenters. The number of allylic oxidation sites excluding steroid dienone is 3. The minimum Gasteiger partial charge on any atom is -0.445 e. The van der Waals surface area contributed by atoms with Crippen LogP contribution < -0.4 is 10.6 Å². The molecule has 54 heavy (non-hydrogen) atoms. The van der Waals surface area contributed by atoms with Crippen molar-refractivity contribution in [3.05, 3.63) is 95.3 Å². The summed E-state index contributed by atoms with van der Waals surface area (Å²) in [6.07, 6.45) is 6.14. The molecule has 11 nitrogen and oxygen atoms in total. The van der Waals surface area contributed by atoms with Crippen LogP contribution >= 0.6 is 0 Å². The average Bonchev–Trinajstić information content (AvgIpc) is 3.76. The fourth-order valence-electron chi connectivity index (χ4n) is 7.03. The van der Waals surface area contributed by atoms with Gasteiger partial charge in [-0.3, -0.25) is 14.5 Å². The number of hydrogen-bond acceptors (Lipinski definition) is 6. The van der Waals surface area contributed by atoms with Crippen LogP contribution in [0.1, 0.15) is 75.3 Å². The second kappa shape index (κ2) is 19.1. The third-order valence-corrected chi connectivity index (χ3v) is 10.2. The maximum absolute atomic E-state index is 14.5. The van der Waals surface area contributed by atoms with Gasteiger partial charge in [-0.2, -0.15) is 0 Å². The van der Waals surface area contributed by atoms with E-state index in [4.69, 9.17) is 9.47 Å². The number of nitrogens with zero attached hydrogens (tertiary/aromatic N) is 3. The van der Waals surface area contributed by atoms with Crippen molar-refractivity contribution in [2.45, 2.75) is 105 Å².